The van der Waals surface area contributed by atoms with Crippen molar-refractivity contribution in [3.05, 3.63) is 22.7 Å². The van der Waals surface area contributed by atoms with Crippen LogP contribution in [0.15, 0.2) is 17.1 Å². The molecule has 0 amide bonds. The average Bonchev–Trinajstić information content (AvgIpc) is 2.65. The summed E-state index contributed by atoms with van der Waals surface area (Å²) in [7, 11) is 0. The van der Waals surface area contributed by atoms with Crippen molar-refractivity contribution in [1.29, 1.82) is 0 Å². The summed E-state index contributed by atoms with van der Waals surface area (Å²) in [5.74, 6) is -0.108. The summed E-state index contributed by atoms with van der Waals surface area (Å²) in [6.45, 7) is 2.60. The predicted molar refractivity (Wildman–Crippen MR) is 54.3 cm³/mol. The third kappa shape index (κ3) is 1.91. The maximum absolute atomic E-state index is 11.6. The molecule has 1 fully saturated rings. The summed E-state index contributed by atoms with van der Waals surface area (Å²) in [4.78, 5) is 26.6. The average molecular weight is 224 g/mol. The molecular weight excluding hydrogens is 212 g/mol. The minimum Gasteiger partial charge on any atom is -0.478 e. The molecule has 1 aliphatic rings. The van der Waals surface area contributed by atoms with Gasteiger partial charge in [-0.25, -0.2) is 9.59 Å². The van der Waals surface area contributed by atoms with Crippen LogP contribution in [0.25, 0.3) is 0 Å². The molecule has 1 saturated heterocycles. The molecule has 1 atom stereocenters. The zero-order valence-electron chi connectivity index (χ0n) is 8.88. The first kappa shape index (κ1) is 10.7. The SMILES string of the molecule is CCOc1ccn(C2CCOC2=O)c(=O)n1. The summed E-state index contributed by atoms with van der Waals surface area (Å²) in [5.41, 5.74) is -0.491. The Labute approximate surface area is 91.8 Å². The third-order valence-electron chi connectivity index (χ3n) is 2.34. The van der Waals surface area contributed by atoms with Gasteiger partial charge < -0.3 is 9.47 Å². The second-order valence-electron chi connectivity index (χ2n) is 3.36. The minimum atomic E-state index is -0.546. The molecule has 0 saturated carbocycles. The topological polar surface area (TPSA) is 70.4 Å². The highest BCUT2D eigenvalue weighted by molar-refractivity contribution is 5.75. The van der Waals surface area contributed by atoms with Crippen molar-refractivity contribution in [2.24, 2.45) is 0 Å². The largest absolute Gasteiger partial charge is 0.478 e. The summed E-state index contributed by atoms with van der Waals surface area (Å²) >= 11 is 0. The van der Waals surface area contributed by atoms with E-state index >= 15 is 0 Å². The fraction of sp³-hybridized carbons (Fsp3) is 0.500. The summed E-state index contributed by atoms with van der Waals surface area (Å²) in [6, 6.07) is 1.02. The van der Waals surface area contributed by atoms with Crippen molar-refractivity contribution in [2.75, 3.05) is 13.2 Å². The van der Waals surface area contributed by atoms with Crippen LogP contribution in [-0.4, -0.2) is 28.7 Å². The third-order valence-corrected chi connectivity index (χ3v) is 2.34. The number of hydrogen-bond acceptors (Lipinski definition) is 5. The standard InChI is InChI=1S/C10H12N2O4/c1-2-15-8-3-5-12(10(14)11-8)7-4-6-16-9(7)13/h3,5,7H,2,4,6H2,1H3. The smallest absolute Gasteiger partial charge is 0.351 e. The molecule has 2 heterocycles. The van der Waals surface area contributed by atoms with Crippen molar-refractivity contribution in [3.8, 4) is 5.88 Å². The molecule has 0 radical (unpaired) electrons. The van der Waals surface area contributed by atoms with Crippen LogP contribution < -0.4 is 10.4 Å². The first-order valence-corrected chi connectivity index (χ1v) is 5.11. The van der Waals surface area contributed by atoms with Crippen LogP contribution in [-0.2, 0) is 9.53 Å². The minimum absolute atomic E-state index is 0.273. The van der Waals surface area contributed by atoms with Crippen LogP contribution >= 0.6 is 0 Å². The van der Waals surface area contributed by atoms with Gasteiger partial charge in [0.1, 0.15) is 6.04 Å². The Hall–Kier alpha value is -1.85. The first-order chi connectivity index (χ1) is 7.72. The van der Waals surface area contributed by atoms with Crippen LogP contribution in [0.2, 0.25) is 0 Å². The van der Waals surface area contributed by atoms with E-state index in [9.17, 15) is 9.59 Å². The van der Waals surface area contributed by atoms with Crippen LogP contribution in [0.4, 0.5) is 0 Å². The molecule has 0 aromatic carbocycles. The number of carbonyl (C=O) groups excluding carboxylic acids is 1. The van der Waals surface area contributed by atoms with Gasteiger partial charge in [0, 0.05) is 18.7 Å². The van der Waals surface area contributed by atoms with E-state index in [0.717, 1.165) is 0 Å². The molecule has 0 spiro atoms. The van der Waals surface area contributed by atoms with Crippen molar-refractivity contribution in [1.82, 2.24) is 9.55 Å². The number of cyclic esters (lactones) is 1. The lowest BCUT2D eigenvalue weighted by atomic mass is 10.2. The molecule has 0 N–H and O–H groups in total. The Bertz CT molecular complexity index is 454. The van der Waals surface area contributed by atoms with Crippen molar-refractivity contribution in [2.45, 2.75) is 19.4 Å². The highest BCUT2D eigenvalue weighted by Crippen LogP contribution is 2.18. The number of ether oxygens (including phenoxy) is 2. The van der Waals surface area contributed by atoms with Gasteiger partial charge in [0.15, 0.2) is 0 Å². The van der Waals surface area contributed by atoms with Crippen LogP contribution in [0.5, 0.6) is 5.88 Å². The van der Waals surface area contributed by atoms with Crippen LogP contribution in [0, 0.1) is 0 Å². The first-order valence-electron chi connectivity index (χ1n) is 5.11. The van der Waals surface area contributed by atoms with Gasteiger partial charge in [0.25, 0.3) is 0 Å². The van der Waals surface area contributed by atoms with Gasteiger partial charge in [-0.15, -0.1) is 0 Å². The monoisotopic (exact) mass is 224 g/mol. The van der Waals surface area contributed by atoms with E-state index in [1.807, 2.05) is 6.92 Å². The van der Waals surface area contributed by atoms with E-state index in [-0.39, 0.29) is 11.8 Å². The molecule has 0 aliphatic carbocycles. The van der Waals surface area contributed by atoms with E-state index in [1.165, 1.54) is 10.8 Å². The van der Waals surface area contributed by atoms with Crippen LogP contribution in [0.3, 0.4) is 0 Å². The lowest BCUT2D eigenvalue weighted by Gasteiger charge is -2.09. The second kappa shape index (κ2) is 4.34. The molecule has 2 rings (SSSR count). The Morgan fingerprint density at radius 2 is 2.44 bits per heavy atom. The second-order valence-corrected chi connectivity index (χ2v) is 3.36. The molecule has 6 heteroatoms. The molecule has 1 aliphatic heterocycles. The molecule has 86 valence electrons. The Balaban J connectivity index is 2.29. The van der Waals surface area contributed by atoms with Crippen molar-refractivity contribution >= 4 is 5.97 Å². The van der Waals surface area contributed by atoms with Crippen LogP contribution in [0.1, 0.15) is 19.4 Å². The van der Waals surface area contributed by atoms with Crippen molar-refractivity contribution < 1.29 is 14.3 Å². The number of nitrogens with zero attached hydrogens (tertiary/aromatic N) is 2. The maximum atomic E-state index is 11.6. The molecule has 1 aromatic heterocycles. The van der Waals surface area contributed by atoms with Gasteiger partial charge in [0.2, 0.25) is 5.88 Å². The summed E-state index contributed by atoms with van der Waals surface area (Å²) in [5, 5.41) is 0. The fourth-order valence-electron chi connectivity index (χ4n) is 1.60. The predicted octanol–water partition coefficient (Wildman–Crippen LogP) is 0.130. The summed E-state index contributed by atoms with van der Waals surface area (Å²) in [6.07, 6.45) is 2.02. The summed E-state index contributed by atoms with van der Waals surface area (Å²) < 4.78 is 11.2. The maximum Gasteiger partial charge on any atom is 0.351 e. The van der Waals surface area contributed by atoms with Gasteiger partial charge >= 0.3 is 11.7 Å². The molecular formula is C10H12N2O4. The lowest BCUT2D eigenvalue weighted by Crippen LogP contribution is -2.29. The molecule has 6 nitrogen and oxygen atoms in total. The molecule has 1 aromatic rings. The van der Waals surface area contributed by atoms with Gasteiger partial charge in [-0.3, -0.25) is 4.57 Å². The fourth-order valence-corrected chi connectivity index (χ4v) is 1.60. The highest BCUT2D eigenvalue weighted by atomic mass is 16.5. The molecule has 0 bridgehead atoms. The van der Waals surface area contributed by atoms with Gasteiger partial charge in [-0.05, 0) is 6.92 Å². The number of esters is 1. The Morgan fingerprint density at radius 1 is 1.62 bits per heavy atom. The van der Waals surface area contributed by atoms with Crippen molar-refractivity contribution in [3.63, 3.8) is 0 Å². The molecule has 1 unspecified atom stereocenters. The van der Waals surface area contributed by atoms with Gasteiger partial charge in [-0.1, -0.05) is 0 Å². The van der Waals surface area contributed by atoms with E-state index < -0.39 is 11.7 Å². The van der Waals surface area contributed by atoms with E-state index in [2.05, 4.69) is 4.98 Å². The van der Waals surface area contributed by atoms with Gasteiger partial charge in [-0.2, -0.15) is 4.98 Å². The Kier molecular flexibility index (Phi) is 2.89. The Morgan fingerprint density at radius 3 is 3.00 bits per heavy atom. The highest BCUT2D eigenvalue weighted by Gasteiger charge is 2.29. The van der Waals surface area contributed by atoms with E-state index in [1.54, 1.807) is 6.07 Å². The van der Waals surface area contributed by atoms with Gasteiger partial charge in [0.05, 0.1) is 13.2 Å². The number of aromatic nitrogens is 2. The zero-order valence-corrected chi connectivity index (χ0v) is 8.88. The number of hydrogen-bond donors (Lipinski definition) is 0. The lowest BCUT2D eigenvalue weighted by molar-refractivity contribution is -0.140. The van der Waals surface area contributed by atoms with E-state index in [4.69, 9.17) is 9.47 Å². The number of rotatable bonds is 3. The van der Waals surface area contributed by atoms with E-state index in [0.29, 0.717) is 19.6 Å². The zero-order chi connectivity index (χ0) is 11.5. The molecule has 16 heavy (non-hydrogen) atoms. The number of carbonyl (C=O) groups is 1. The normalized spacial score (nSPS) is 19.6. The quantitative estimate of drug-likeness (QED) is 0.682.